The van der Waals surface area contributed by atoms with Crippen LogP contribution in [0.25, 0.3) is 28.1 Å². The lowest BCUT2D eigenvalue weighted by molar-refractivity contribution is 0.0726. The number of imidazole rings is 1. The zero-order valence-electron chi connectivity index (χ0n) is 23.0. The molecule has 5 aromatic heterocycles. The fourth-order valence-electron chi connectivity index (χ4n) is 6.68. The number of ether oxygens (including phenoxy) is 1. The summed E-state index contributed by atoms with van der Waals surface area (Å²) >= 11 is 0. The lowest BCUT2D eigenvalue weighted by atomic mass is 9.97. The zero-order chi connectivity index (χ0) is 27.5. The highest BCUT2D eigenvalue weighted by Gasteiger charge is 2.47. The molecule has 1 amide bonds. The summed E-state index contributed by atoms with van der Waals surface area (Å²) in [5.74, 6) is 0.586. The third-order valence-electron chi connectivity index (χ3n) is 8.69. The Morgan fingerprint density at radius 2 is 1.93 bits per heavy atom. The van der Waals surface area contributed by atoms with Gasteiger partial charge in [0, 0.05) is 59.8 Å². The summed E-state index contributed by atoms with van der Waals surface area (Å²) in [6, 6.07) is 14.5. The van der Waals surface area contributed by atoms with Gasteiger partial charge >= 0.3 is 0 Å². The molecule has 5 aromatic rings. The summed E-state index contributed by atoms with van der Waals surface area (Å²) in [6.07, 6.45) is 7.34. The second kappa shape index (κ2) is 9.45. The van der Waals surface area contributed by atoms with Crippen molar-refractivity contribution in [2.45, 2.75) is 64.2 Å². The number of nitrogens with two attached hydrogens (primary N) is 1. The van der Waals surface area contributed by atoms with E-state index in [1.165, 1.54) is 0 Å². The van der Waals surface area contributed by atoms with Crippen LogP contribution in [0.4, 0.5) is 0 Å². The van der Waals surface area contributed by atoms with Crippen LogP contribution in [-0.2, 0) is 13.0 Å². The molecular weight excluding hydrogens is 502 g/mol. The number of carbonyl (C=O) groups is 1. The van der Waals surface area contributed by atoms with Crippen molar-refractivity contribution in [3.63, 3.8) is 0 Å². The van der Waals surface area contributed by atoms with E-state index in [0.717, 1.165) is 65.1 Å². The average molecular weight is 536 g/mol. The number of amides is 1. The van der Waals surface area contributed by atoms with Crippen LogP contribution in [0.15, 0.2) is 54.9 Å². The molecule has 0 unspecified atom stereocenters. The molecule has 0 spiro atoms. The van der Waals surface area contributed by atoms with Crippen LogP contribution in [0.2, 0.25) is 0 Å². The lowest BCUT2D eigenvalue weighted by Crippen LogP contribution is -2.40. The summed E-state index contributed by atoms with van der Waals surface area (Å²) in [7, 11) is 1.63. The Hall–Kier alpha value is -4.24. The minimum atomic E-state index is 0.00606. The van der Waals surface area contributed by atoms with E-state index in [4.69, 9.17) is 20.4 Å². The maximum absolute atomic E-state index is 13.7. The quantitative estimate of drug-likeness (QED) is 0.346. The van der Waals surface area contributed by atoms with E-state index in [1.54, 1.807) is 7.11 Å². The molecular formula is C31H33N7O2. The standard InChI is InChI=1S/C31H33N7O2/c1-4-22-6-5-20-13-26(36(30(20)34-22)17-19-9-11-33-12-10-19)29-18(2)37-27(35-29)14-21(15-28(37)40-3)31(39)38-23-7-8-25(38)24(32)16-23/h5-6,9-15,23-25H,4,7-8,16-17,32H2,1-3H3/t23-,24+,25+/m0/s1. The Bertz CT molecular complexity index is 1760. The normalized spacial score (nSPS) is 20.2. The molecule has 40 heavy (non-hydrogen) atoms. The molecule has 7 heterocycles. The van der Waals surface area contributed by atoms with Crippen LogP contribution in [-0.4, -0.2) is 60.0 Å². The number of carbonyl (C=O) groups excluding carboxylic acids is 1. The van der Waals surface area contributed by atoms with Crippen LogP contribution in [0.3, 0.4) is 0 Å². The Labute approximate surface area is 232 Å². The second-order valence-corrected chi connectivity index (χ2v) is 11.0. The highest BCUT2D eigenvalue weighted by atomic mass is 16.5. The molecule has 9 heteroatoms. The molecule has 2 saturated heterocycles. The van der Waals surface area contributed by atoms with Gasteiger partial charge in [0.1, 0.15) is 17.0 Å². The Morgan fingerprint density at radius 1 is 1.10 bits per heavy atom. The topological polar surface area (TPSA) is 104 Å². The molecule has 0 radical (unpaired) electrons. The van der Waals surface area contributed by atoms with Gasteiger partial charge in [-0.3, -0.25) is 14.2 Å². The molecule has 2 aliphatic rings. The van der Waals surface area contributed by atoms with Gasteiger partial charge in [0.25, 0.3) is 5.91 Å². The zero-order valence-corrected chi connectivity index (χ0v) is 23.0. The molecule has 0 aliphatic carbocycles. The van der Waals surface area contributed by atoms with Crippen molar-refractivity contribution in [2.24, 2.45) is 5.73 Å². The van der Waals surface area contributed by atoms with Gasteiger partial charge in [-0.25, -0.2) is 9.97 Å². The van der Waals surface area contributed by atoms with Gasteiger partial charge in [-0.05, 0) is 74.6 Å². The molecule has 2 N–H and O–H groups in total. The summed E-state index contributed by atoms with van der Waals surface area (Å²) in [6.45, 7) is 4.79. The third kappa shape index (κ3) is 3.79. The molecule has 0 saturated carbocycles. The predicted octanol–water partition coefficient (Wildman–Crippen LogP) is 4.38. The summed E-state index contributed by atoms with van der Waals surface area (Å²) in [5, 5.41) is 1.06. The summed E-state index contributed by atoms with van der Waals surface area (Å²) < 4.78 is 10.0. The van der Waals surface area contributed by atoms with E-state index in [-0.39, 0.29) is 24.0 Å². The lowest BCUT2D eigenvalue weighted by Gasteiger charge is -2.23. The predicted molar refractivity (Wildman–Crippen MR) is 153 cm³/mol. The molecule has 3 atom stereocenters. The van der Waals surface area contributed by atoms with E-state index in [0.29, 0.717) is 23.6 Å². The number of aromatic nitrogens is 5. The van der Waals surface area contributed by atoms with Crippen molar-refractivity contribution >= 4 is 22.6 Å². The van der Waals surface area contributed by atoms with Crippen molar-refractivity contribution in [1.82, 2.24) is 28.8 Å². The number of hydrogen-bond donors (Lipinski definition) is 1. The van der Waals surface area contributed by atoms with Gasteiger partial charge in [-0.2, -0.15) is 0 Å². The smallest absolute Gasteiger partial charge is 0.254 e. The van der Waals surface area contributed by atoms with Crippen LogP contribution in [0, 0.1) is 6.92 Å². The van der Waals surface area contributed by atoms with Gasteiger partial charge in [0.15, 0.2) is 5.88 Å². The first kappa shape index (κ1) is 24.8. The molecule has 9 nitrogen and oxygen atoms in total. The van der Waals surface area contributed by atoms with E-state index in [1.807, 2.05) is 52.9 Å². The van der Waals surface area contributed by atoms with Gasteiger partial charge in [-0.1, -0.05) is 6.92 Å². The first-order chi connectivity index (χ1) is 19.5. The van der Waals surface area contributed by atoms with Gasteiger partial charge in [0.05, 0.1) is 18.5 Å². The number of pyridine rings is 3. The maximum atomic E-state index is 13.7. The Balaban J connectivity index is 1.38. The van der Waals surface area contributed by atoms with Gasteiger partial charge < -0.3 is 19.9 Å². The maximum Gasteiger partial charge on any atom is 0.254 e. The first-order valence-electron chi connectivity index (χ1n) is 14.0. The van der Waals surface area contributed by atoms with Crippen molar-refractivity contribution in [1.29, 1.82) is 0 Å². The van der Waals surface area contributed by atoms with E-state index in [9.17, 15) is 4.79 Å². The third-order valence-corrected chi connectivity index (χ3v) is 8.69. The Morgan fingerprint density at radius 3 is 2.62 bits per heavy atom. The SMILES string of the molecule is CCc1ccc2cc(-c3nc4cc(C(=O)N5[C@H]6CC[C@@H]5[C@H](N)C6)cc(OC)n4c3C)n(Cc3ccncc3)c2n1. The van der Waals surface area contributed by atoms with Crippen molar-refractivity contribution in [3.8, 4) is 17.3 Å². The first-order valence-corrected chi connectivity index (χ1v) is 14.0. The minimum Gasteiger partial charge on any atom is -0.482 e. The monoisotopic (exact) mass is 535 g/mol. The van der Waals surface area contributed by atoms with Crippen LogP contribution in [0.1, 0.15) is 53.5 Å². The number of hydrogen-bond acceptors (Lipinski definition) is 6. The summed E-state index contributed by atoms with van der Waals surface area (Å²) in [5.41, 5.74) is 13.4. The number of methoxy groups -OCH3 is 1. The molecule has 2 bridgehead atoms. The van der Waals surface area contributed by atoms with E-state index < -0.39 is 0 Å². The van der Waals surface area contributed by atoms with Gasteiger partial charge in [-0.15, -0.1) is 0 Å². The largest absolute Gasteiger partial charge is 0.482 e. The fraction of sp³-hybridized carbons (Fsp3) is 0.355. The number of aryl methyl sites for hydroxylation is 2. The number of rotatable bonds is 6. The minimum absolute atomic E-state index is 0.00606. The molecule has 2 aliphatic heterocycles. The average Bonchev–Trinajstić information content (AvgIpc) is 3.72. The second-order valence-electron chi connectivity index (χ2n) is 11.0. The number of fused-ring (bicyclic) bond motifs is 4. The fourth-order valence-corrected chi connectivity index (χ4v) is 6.68. The molecule has 7 rings (SSSR count). The Kier molecular flexibility index (Phi) is 5.85. The van der Waals surface area contributed by atoms with Gasteiger partial charge in [0.2, 0.25) is 0 Å². The van der Waals surface area contributed by atoms with E-state index >= 15 is 0 Å². The van der Waals surface area contributed by atoms with Crippen molar-refractivity contribution < 1.29 is 9.53 Å². The van der Waals surface area contributed by atoms with Crippen molar-refractivity contribution in [2.75, 3.05) is 7.11 Å². The molecule has 0 aromatic carbocycles. The highest BCUT2D eigenvalue weighted by molar-refractivity contribution is 5.96. The molecule has 204 valence electrons. The van der Waals surface area contributed by atoms with Crippen LogP contribution < -0.4 is 10.5 Å². The summed E-state index contributed by atoms with van der Waals surface area (Å²) in [4.78, 5) is 30.0. The highest BCUT2D eigenvalue weighted by Crippen LogP contribution is 2.39. The van der Waals surface area contributed by atoms with Crippen LogP contribution >= 0.6 is 0 Å². The van der Waals surface area contributed by atoms with Crippen LogP contribution in [0.5, 0.6) is 5.88 Å². The van der Waals surface area contributed by atoms with E-state index in [2.05, 4.69) is 34.7 Å². The molecule has 2 fully saturated rings. The van der Waals surface area contributed by atoms with Crippen molar-refractivity contribution in [3.05, 3.63) is 77.4 Å². The number of nitrogens with zero attached hydrogens (tertiary/aromatic N) is 6.